The molecule has 3 rings (SSSR count). The average molecular weight is 710 g/mol. The fourth-order valence-electron chi connectivity index (χ4n) is 6.25. The number of carboxylic acids is 2. The van der Waals surface area contributed by atoms with Crippen LogP contribution in [0.2, 0.25) is 0 Å². The van der Waals surface area contributed by atoms with Crippen molar-refractivity contribution >= 4 is 46.3 Å². The van der Waals surface area contributed by atoms with Crippen LogP contribution < -0.4 is 26.6 Å². The predicted molar refractivity (Wildman–Crippen MR) is 194 cm³/mol. The molecule has 0 bridgehead atoms. The Hall–Kier alpha value is -4.52. The molecule has 1 fully saturated rings. The molecule has 1 aliphatic carbocycles. The van der Waals surface area contributed by atoms with Crippen LogP contribution in [-0.2, 0) is 30.4 Å². The topological polar surface area (TPSA) is 203 Å². The van der Waals surface area contributed by atoms with Gasteiger partial charge in [-0.3, -0.25) is 19.2 Å². The Morgan fingerprint density at radius 1 is 0.804 bits per heavy atom. The van der Waals surface area contributed by atoms with Crippen LogP contribution in [0.1, 0.15) is 91.0 Å². The van der Waals surface area contributed by atoms with Crippen LogP contribution in [0.5, 0.6) is 0 Å². The van der Waals surface area contributed by atoms with Gasteiger partial charge in [0, 0.05) is 30.8 Å². The molecule has 51 heavy (non-hydrogen) atoms. The highest BCUT2D eigenvalue weighted by Crippen LogP contribution is 2.29. The van der Waals surface area contributed by atoms with Crippen LogP contribution in [0.4, 0.5) is 4.79 Å². The quantitative estimate of drug-likeness (QED) is 0.106. The first-order valence-corrected chi connectivity index (χ1v) is 17.9. The van der Waals surface area contributed by atoms with E-state index in [4.69, 9.17) is 5.11 Å². The summed E-state index contributed by atoms with van der Waals surface area (Å²) < 4.78 is 0. The molecule has 2 aromatic carbocycles. The van der Waals surface area contributed by atoms with Crippen LogP contribution in [0.3, 0.4) is 0 Å². The Kier molecular flexibility index (Phi) is 15.8. The Bertz CT molecular complexity index is 1520. The van der Waals surface area contributed by atoms with E-state index in [1.54, 1.807) is 0 Å². The van der Waals surface area contributed by atoms with Crippen LogP contribution in [0.25, 0.3) is 10.8 Å². The lowest BCUT2D eigenvalue weighted by Crippen LogP contribution is -2.51. The van der Waals surface area contributed by atoms with E-state index in [0.29, 0.717) is 25.2 Å². The number of benzene rings is 2. The number of urea groups is 1. The second kappa shape index (κ2) is 19.8. The summed E-state index contributed by atoms with van der Waals surface area (Å²) in [6.07, 6.45) is 4.10. The molecular weight excluding hydrogens is 654 g/mol. The normalized spacial score (nSPS) is 17.8. The lowest BCUT2D eigenvalue weighted by molar-refractivity contribution is -0.139. The SMILES string of the molecule is CC(=O)[C@H](CCC(=O)O)NC(=O)N[C@@H](CCCCNC(=O)[C@H](Cc1ccc2ccccc2c1)NC(=O)C1CCC(CNC(C)(C)C)CC1)C(=O)O. The standard InChI is InChI=1S/C38H55N5O8/c1-24(44)30(18-19-33(45)46)42-37(51)43-31(36(49)50)11-7-8-20-39-35(48)32(22-26-14-15-27-9-5-6-10-29(27)21-26)41-34(47)28-16-12-25(13-17-28)23-40-38(2,3)4/h5-6,9-10,14-15,21,25,28,30-32,40H,7-8,11-13,16-20,22-23H2,1-4H3,(H,39,48)(H,41,47)(H,45,46)(H,49,50)(H2,42,43,51)/t25?,28?,30-,31-,32-/m0/s1. The number of amides is 4. The number of hydrogen-bond donors (Lipinski definition) is 7. The minimum atomic E-state index is -1.27. The van der Waals surface area contributed by atoms with Crippen molar-refractivity contribution < 1.29 is 39.0 Å². The van der Waals surface area contributed by atoms with E-state index in [0.717, 1.165) is 48.6 Å². The van der Waals surface area contributed by atoms with Gasteiger partial charge in [0.1, 0.15) is 12.1 Å². The molecule has 3 atom stereocenters. The molecule has 0 aromatic heterocycles. The Morgan fingerprint density at radius 2 is 1.47 bits per heavy atom. The van der Waals surface area contributed by atoms with E-state index in [9.17, 15) is 33.9 Å². The Balaban J connectivity index is 1.55. The van der Waals surface area contributed by atoms with E-state index < -0.39 is 41.9 Å². The summed E-state index contributed by atoms with van der Waals surface area (Å²) in [7, 11) is 0. The first kappa shape index (κ1) is 40.9. The first-order valence-electron chi connectivity index (χ1n) is 17.9. The van der Waals surface area contributed by atoms with Gasteiger partial charge >= 0.3 is 18.0 Å². The molecule has 280 valence electrons. The number of unbranched alkanes of at least 4 members (excludes halogenated alkanes) is 1. The number of ketones is 1. The third-order valence-corrected chi connectivity index (χ3v) is 9.29. The molecule has 7 N–H and O–H groups in total. The van der Waals surface area contributed by atoms with Crippen molar-refractivity contribution in [3.8, 4) is 0 Å². The van der Waals surface area contributed by atoms with Gasteiger partial charge < -0.3 is 36.8 Å². The van der Waals surface area contributed by atoms with E-state index in [1.807, 2.05) is 42.5 Å². The Labute approximate surface area is 300 Å². The molecular formula is C38H55N5O8. The van der Waals surface area contributed by atoms with E-state index in [1.165, 1.54) is 6.92 Å². The lowest BCUT2D eigenvalue weighted by atomic mass is 9.81. The number of carbonyl (C=O) groups is 6. The molecule has 1 aliphatic rings. The number of fused-ring (bicyclic) bond motifs is 1. The molecule has 0 spiro atoms. The smallest absolute Gasteiger partial charge is 0.326 e. The van der Waals surface area contributed by atoms with Gasteiger partial charge in [0.25, 0.3) is 0 Å². The van der Waals surface area contributed by atoms with Gasteiger partial charge in [0.2, 0.25) is 11.8 Å². The van der Waals surface area contributed by atoms with Crippen molar-refractivity contribution in [2.45, 2.75) is 116 Å². The predicted octanol–water partition coefficient (Wildman–Crippen LogP) is 3.92. The van der Waals surface area contributed by atoms with Crippen molar-refractivity contribution in [2.75, 3.05) is 13.1 Å². The minimum Gasteiger partial charge on any atom is -0.481 e. The van der Waals surface area contributed by atoms with Gasteiger partial charge in [0.05, 0.1) is 6.04 Å². The zero-order valence-corrected chi connectivity index (χ0v) is 30.3. The Morgan fingerprint density at radius 3 is 2.10 bits per heavy atom. The zero-order valence-electron chi connectivity index (χ0n) is 30.3. The van der Waals surface area contributed by atoms with Crippen molar-refractivity contribution in [3.05, 3.63) is 48.0 Å². The van der Waals surface area contributed by atoms with Crippen LogP contribution in [0, 0.1) is 11.8 Å². The third kappa shape index (κ3) is 14.7. The lowest BCUT2D eigenvalue weighted by Gasteiger charge is -2.31. The summed E-state index contributed by atoms with van der Waals surface area (Å²) in [6.45, 7) is 8.78. The molecule has 13 nitrogen and oxygen atoms in total. The van der Waals surface area contributed by atoms with Crippen molar-refractivity contribution in [1.29, 1.82) is 0 Å². The summed E-state index contributed by atoms with van der Waals surface area (Å²) in [5.74, 6) is -2.94. The van der Waals surface area contributed by atoms with Gasteiger partial charge in [-0.15, -0.1) is 0 Å². The maximum Gasteiger partial charge on any atom is 0.326 e. The number of rotatable bonds is 19. The molecule has 4 amide bonds. The van der Waals surface area contributed by atoms with E-state index >= 15 is 0 Å². The molecule has 0 aliphatic heterocycles. The summed E-state index contributed by atoms with van der Waals surface area (Å²) in [6, 6.07) is 9.92. The highest BCUT2D eigenvalue weighted by atomic mass is 16.4. The zero-order chi connectivity index (χ0) is 37.6. The highest BCUT2D eigenvalue weighted by molar-refractivity contribution is 5.90. The number of hydrogen-bond acceptors (Lipinski definition) is 7. The molecule has 0 saturated heterocycles. The fraction of sp³-hybridized carbons (Fsp3) is 0.579. The molecule has 0 heterocycles. The average Bonchev–Trinajstić information content (AvgIpc) is 3.07. The maximum atomic E-state index is 13.5. The minimum absolute atomic E-state index is 0.0373. The third-order valence-electron chi connectivity index (χ3n) is 9.29. The molecule has 1 saturated carbocycles. The summed E-state index contributed by atoms with van der Waals surface area (Å²) in [5.41, 5.74) is 0.949. The van der Waals surface area contributed by atoms with Crippen molar-refractivity contribution in [1.82, 2.24) is 26.6 Å². The van der Waals surface area contributed by atoms with Gasteiger partial charge in [0.15, 0.2) is 5.78 Å². The maximum absolute atomic E-state index is 13.5. The van der Waals surface area contributed by atoms with Crippen molar-refractivity contribution in [2.24, 2.45) is 11.8 Å². The van der Waals surface area contributed by atoms with Crippen LogP contribution >= 0.6 is 0 Å². The molecule has 13 heteroatoms. The fourth-order valence-corrected chi connectivity index (χ4v) is 6.25. The second-order valence-electron chi connectivity index (χ2n) is 14.7. The molecule has 0 radical (unpaired) electrons. The van der Waals surface area contributed by atoms with Gasteiger partial charge in [-0.2, -0.15) is 0 Å². The van der Waals surface area contributed by atoms with Crippen LogP contribution in [-0.4, -0.2) is 82.5 Å². The largest absolute Gasteiger partial charge is 0.481 e. The van der Waals surface area contributed by atoms with Crippen LogP contribution in [0.15, 0.2) is 42.5 Å². The molecule has 0 unspecified atom stereocenters. The summed E-state index contributed by atoms with van der Waals surface area (Å²) in [4.78, 5) is 73.8. The number of carboxylic acid groups (broad SMARTS) is 2. The summed E-state index contributed by atoms with van der Waals surface area (Å²) in [5, 5.41) is 34.8. The number of aliphatic carboxylic acids is 2. The summed E-state index contributed by atoms with van der Waals surface area (Å²) >= 11 is 0. The van der Waals surface area contributed by atoms with Gasteiger partial charge in [-0.25, -0.2) is 9.59 Å². The van der Waals surface area contributed by atoms with E-state index in [-0.39, 0.29) is 49.1 Å². The van der Waals surface area contributed by atoms with Gasteiger partial charge in [-0.1, -0.05) is 42.5 Å². The monoisotopic (exact) mass is 709 g/mol. The number of Topliss-reactive ketones (excluding diaryl/α,β-unsaturated/α-hetero) is 1. The highest BCUT2D eigenvalue weighted by Gasteiger charge is 2.30. The molecule has 2 aromatic rings. The van der Waals surface area contributed by atoms with E-state index in [2.05, 4.69) is 47.4 Å². The van der Waals surface area contributed by atoms with Gasteiger partial charge in [-0.05, 0) is 108 Å². The number of carbonyl (C=O) groups excluding carboxylic acids is 4. The number of nitrogens with one attached hydrogen (secondary N) is 5. The second-order valence-corrected chi connectivity index (χ2v) is 14.7. The van der Waals surface area contributed by atoms with Crippen molar-refractivity contribution in [3.63, 3.8) is 0 Å². The first-order chi connectivity index (χ1) is 24.1.